The van der Waals surface area contributed by atoms with Crippen molar-refractivity contribution in [3.8, 4) is 5.75 Å². The van der Waals surface area contributed by atoms with E-state index in [1.165, 1.54) is 41.3 Å². The summed E-state index contributed by atoms with van der Waals surface area (Å²) in [5, 5.41) is 3.02. The van der Waals surface area contributed by atoms with Gasteiger partial charge in [0, 0.05) is 18.5 Å². The topological polar surface area (TPSA) is 96.0 Å². The minimum absolute atomic E-state index is 0.0515. The summed E-state index contributed by atoms with van der Waals surface area (Å²) in [6.45, 7) is 9.15. The fraction of sp³-hybridized carbons (Fsp3) is 0.297. The van der Waals surface area contributed by atoms with Gasteiger partial charge in [0.25, 0.3) is 10.0 Å². The SMILES string of the molecule is CCOc1ccc(S(=O)(=O)N(CC(=O)N(Cc2cccc(C)c2)[C@@H](Cc2ccccc2)C(=O)NC(C)(C)C)c2ccc(F)cc2)cc1. The molecule has 0 saturated heterocycles. The minimum atomic E-state index is -4.33. The zero-order chi connectivity index (χ0) is 34.2. The van der Waals surface area contributed by atoms with Gasteiger partial charge in [-0.3, -0.25) is 13.9 Å². The fourth-order valence-corrected chi connectivity index (χ4v) is 6.57. The Morgan fingerprint density at radius 3 is 2.11 bits per heavy atom. The van der Waals surface area contributed by atoms with Crippen LogP contribution in [-0.4, -0.2) is 49.9 Å². The van der Waals surface area contributed by atoms with Crippen LogP contribution in [0.15, 0.2) is 108 Å². The van der Waals surface area contributed by atoms with E-state index in [2.05, 4.69) is 5.32 Å². The third-order valence-electron chi connectivity index (χ3n) is 7.32. The highest BCUT2D eigenvalue weighted by atomic mass is 32.2. The predicted octanol–water partition coefficient (Wildman–Crippen LogP) is 6.28. The Hall–Kier alpha value is -4.70. The van der Waals surface area contributed by atoms with Crippen LogP contribution in [0.5, 0.6) is 5.75 Å². The van der Waals surface area contributed by atoms with Crippen molar-refractivity contribution in [2.24, 2.45) is 0 Å². The zero-order valence-electron chi connectivity index (χ0n) is 27.4. The van der Waals surface area contributed by atoms with Crippen molar-refractivity contribution in [2.45, 2.75) is 64.1 Å². The lowest BCUT2D eigenvalue weighted by atomic mass is 10.0. The summed E-state index contributed by atoms with van der Waals surface area (Å²) in [6.07, 6.45) is 0.197. The van der Waals surface area contributed by atoms with Crippen LogP contribution in [0.2, 0.25) is 0 Å². The average molecular weight is 660 g/mol. The molecule has 0 aliphatic carbocycles. The Labute approximate surface area is 277 Å². The predicted molar refractivity (Wildman–Crippen MR) is 182 cm³/mol. The molecule has 10 heteroatoms. The number of carbonyl (C=O) groups is 2. The van der Waals surface area contributed by atoms with Crippen LogP contribution in [0.4, 0.5) is 10.1 Å². The monoisotopic (exact) mass is 659 g/mol. The third-order valence-corrected chi connectivity index (χ3v) is 9.11. The molecule has 2 amide bonds. The van der Waals surface area contributed by atoms with Gasteiger partial charge in [0.1, 0.15) is 24.2 Å². The van der Waals surface area contributed by atoms with Crippen molar-refractivity contribution in [2.75, 3.05) is 17.5 Å². The molecular formula is C37H42FN3O5S. The van der Waals surface area contributed by atoms with E-state index in [0.29, 0.717) is 12.4 Å². The number of anilines is 1. The van der Waals surface area contributed by atoms with Gasteiger partial charge in [-0.2, -0.15) is 0 Å². The van der Waals surface area contributed by atoms with E-state index in [1.54, 1.807) is 0 Å². The summed E-state index contributed by atoms with van der Waals surface area (Å²) in [7, 11) is -4.33. The lowest BCUT2D eigenvalue weighted by Crippen LogP contribution is -2.56. The first kappa shape index (κ1) is 35.2. The Kier molecular flexibility index (Phi) is 11.4. The molecule has 0 bridgehead atoms. The number of carbonyl (C=O) groups excluding carboxylic acids is 2. The minimum Gasteiger partial charge on any atom is -0.494 e. The lowest BCUT2D eigenvalue weighted by molar-refractivity contribution is -0.140. The lowest BCUT2D eigenvalue weighted by Gasteiger charge is -2.35. The summed E-state index contributed by atoms with van der Waals surface area (Å²) in [5.41, 5.74) is 2.09. The molecule has 0 aromatic heterocycles. The smallest absolute Gasteiger partial charge is 0.264 e. The quantitative estimate of drug-likeness (QED) is 0.182. The van der Waals surface area contributed by atoms with E-state index in [1.807, 2.05) is 89.2 Å². The molecule has 4 aromatic rings. The van der Waals surface area contributed by atoms with Gasteiger partial charge in [0.05, 0.1) is 17.2 Å². The standard InChI is InChI=1S/C37H42FN3O5S/c1-6-46-32-19-21-33(22-20-32)47(44,45)41(31-17-15-30(38)16-18-31)26-35(42)40(25-29-14-10-11-27(2)23-29)34(36(43)39-37(3,4)5)24-28-12-8-7-9-13-28/h7-23,34H,6,24-26H2,1-5H3,(H,39,43)/t34-/m0/s1. The number of halogens is 1. The van der Waals surface area contributed by atoms with Gasteiger partial charge in [-0.1, -0.05) is 60.2 Å². The van der Waals surface area contributed by atoms with E-state index in [-0.39, 0.29) is 29.5 Å². The average Bonchev–Trinajstić information content (AvgIpc) is 3.02. The van der Waals surface area contributed by atoms with Crippen molar-refractivity contribution in [1.29, 1.82) is 0 Å². The maximum Gasteiger partial charge on any atom is 0.264 e. The number of rotatable bonds is 13. The van der Waals surface area contributed by atoms with Crippen molar-refractivity contribution in [3.63, 3.8) is 0 Å². The molecule has 8 nitrogen and oxygen atoms in total. The molecule has 0 aliphatic rings. The molecule has 0 aliphatic heterocycles. The molecule has 0 fully saturated rings. The van der Waals surface area contributed by atoms with Crippen molar-refractivity contribution in [3.05, 3.63) is 126 Å². The maximum atomic E-state index is 14.5. The van der Waals surface area contributed by atoms with Crippen LogP contribution in [0.25, 0.3) is 0 Å². The van der Waals surface area contributed by atoms with Crippen molar-refractivity contribution >= 4 is 27.5 Å². The second kappa shape index (κ2) is 15.3. The van der Waals surface area contributed by atoms with Crippen LogP contribution in [-0.2, 0) is 32.6 Å². The van der Waals surface area contributed by atoms with Crippen LogP contribution < -0.4 is 14.4 Å². The van der Waals surface area contributed by atoms with Gasteiger partial charge < -0.3 is 15.0 Å². The Morgan fingerprint density at radius 1 is 0.872 bits per heavy atom. The number of aryl methyl sites for hydroxylation is 1. The van der Waals surface area contributed by atoms with Crippen molar-refractivity contribution < 1.29 is 27.1 Å². The van der Waals surface area contributed by atoms with E-state index in [0.717, 1.165) is 33.1 Å². The van der Waals surface area contributed by atoms with Gasteiger partial charge in [-0.15, -0.1) is 0 Å². The Morgan fingerprint density at radius 2 is 1.51 bits per heavy atom. The molecule has 4 rings (SSSR count). The molecule has 248 valence electrons. The molecular weight excluding hydrogens is 617 g/mol. The first-order valence-electron chi connectivity index (χ1n) is 15.5. The van der Waals surface area contributed by atoms with E-state index < -0.39 is 39.9 Å². The molecule has 47 heavy (non-hydrogen) atoms. The first-order valence-corrected chi connectivity index (χ1v) is 16.9. The van der Waals surface area contributed by atoms with Crippen LogP contribution in [0.3, 0.4) is 0 Å². The number of benzene rings is 4. The maximum absolute atomic E-state index is 14.5. The summed E-state index contributed by atoms with van der Waals surface area (Å²) in [4.78, 5) is 29.9. The normalized spacial score (nSPS) is 12.2. The van der Waals surface area contributed by atoms with E-state index in [4.69, 9.17) is 4.74 Å². The highest BCUT2D eigenvalue weighted by Gasteiger charge is 2.35. The summed E-state index contributed by atoms with van der Waals surface area (Å²) >= 11 is 0. The van der Waals surface area contributed by atoms with Gasteiger partial charge in [0.15, 0.2) is 0 Å². The molecule has 0 unspecified atom stereocenters. The van der Waals surface area contributed by atoms with Gasteiger partial charge in [-0.05, 0) is 94.3 Å². The number of ether oxygens (including phenoxy) is 1. The third kappa shape index (κ3) is 9.65. The molecule has 1 N–H and O–H groups in total. The zero-order valence-corrected chi connectivity index (χ0v) is 28.3. The summed E-state index contributed by atoms with van der Waals surface area (Å²) in [6, 6.07) is 26.8. The largest absolute Gasteiger partial charge is 0.494 e. The van der Waals surface area contributed by atoms with Crippen LogP contribution >= 0.6 is 0 Å². The number of hydrogen-bond acceptors (Lipinski definition) is 5. The van der Waals surface area contributed by atoms with Crippen molar-refractivity contribution in [1.82, 2.24) is 10.2 Å². The number of nitrogens with one attached hydrogen (secondary N) is 1. The Bertz CT molecular complexity index is 1760. The summed E-state index contributed by atoms with van der Waals surface area (Å²) in [5.74, 6) is -1.03. The van der Waals surface area contributed by atoms with Crippen LogP contribution in [0, 0.1) is 12.7 Å². The van der Waals surface area contributed by atoms with Gasteiger partial charge in [-0.25, -0.2) is 12.8 Å². The van der Waals surface area contributed by atoms with Crippen LogP contribution in [0.1, 0.15) is 44.4 Å². The second-order valence-corrected chi connectivity index (χ2v) is 14.2. The highest BCUT2D eigenvalue weighted by molar-refractivity contribution is 7.92. The Balaban J connectivity index is 1.81. The second-order valence-electron chi connectivity index (χ2n) is 12.3. The highest BCUT2D eigenvalue weighted by Crippen LogP contribution is 2.27. The van der Waals surface area contributed by atoms with Gasteiger partial charge in [0.2, 0.25) is 11.8 Å². The molecule has 4 aromatic carbocycles. The molecule has 0 spiro atoms. The van der Waals surface area contributed by atoms with E-state index >= 15 is 0 Å². The number of hydrogen-bond donors (Lipinski definition) is 1. The molecule has 0 heterocycles. The van der Waals surface area contributed by atoms with Gasteiger partial charge >= 0.3 is 0 Å². The van der Waals surface area contributed by atoms with E-state index in [9.17, 15) is 22.4 Å². The number of sulfonamides is 1. The molecule has 0 saturated carbocycles. The summed E-state index contributed by atoms with van der Waals surface area (Å²) < 4.78 is 48.8. The molecule has 0 radical (unpaired) electrons. The first-order chi connectivity index (χ1) is 22.3. The fourth-order valence-electron chi connectivity index (χ4n) is 5.15. The number of nitrogens with zero attached hydrogens (tertiary/aromatic N) is 2. The molecule has 1 atom stereocenters. The number of amides is 2.